The number of alkyl halides is 3. The molecule has 0 radical (unpaired) electrons. The highest BCUT2D eigenvalue weighted by molar-refractivity contribution is 7.86. The number of anilines is 1. The molecule has 1 aliphatic heterocycles. The Balaban J connectivity index is 1.63. The van der Waals surface area contributed by atoms with E-state index < -0.39 is 75.4 Å². The molecule has 0 aliphatic carbocycles. The lowest BCUT2D eigenvalue weighted by Gasteiger charge is -2.34. The number of hydrogen-bond acceptors (Lipinski definition) is 13. The van der Waals surface area contributed by atoms with Gasteiger partial charge in [0.1, 0.15) is 37.3 Å². The van der Waals surface area contributed by atoms with E-state index >= 15 is 0 Å². The van der Waals surface area contributed by atoms with Gasteiger partial charge in [0.25, 0.3) is 26.1 Å². The molecule has 0 bridgehead atoms. The van der Waals surface area contributed by atoms with Gasteiger partial charge in [-0.3, -0.25) is 22.5 Å². The number of rotatable bonds is 13. The average Bonchev–Trinajstić information content (AvgIpc) is 3.61. The van der Waals surface area contributed by atoms with Crippen LogP contribution in [0.1, 0.15) is 22.1 Å². The zero-order valence-corrected chi connectivity index (χ0v) is 27.7. The molecule has 3 atom stereocenters. The Labute approximate surface area is 283 Å². The number of imidazole rings is 1. The highest BCUT2D eigenvalue weighted by Gasteiger charge is 2.60. The molecule has 1 saturated heterocycles. The Morgan fingerprint density at radius 2 is 1.52 bits per heavy atom. The Kier molecular flexibility index (Phi) is 10.6. The number of hydrogen-bond donors (Lipinski definition) is 2. The molecule has 21 heteroatoms. The zero-order chi connectivity index (χ0) is 36.3. The van der Waals surface area contributed by atoms with E-state index in [0.717, 1.165) is 17.2 Å². The molecule has 1 aliphatic rings. The fourth-order valence-corrected chi connectivity index (χ4v) is 5.90. The smallest absolute Gasteiger partial charge is 0.368 e. The second kappa shape index (κ2) is 14.4. The Hall–Kier alpha value is -4.54. The topological polar surface area (TPSA) is 207 Å². The zero-order valence-electron chi connectivity index (χ0n) is 26.1. The van der Waals surface area contributed by atoms with Crippen LogP contribution in [0, 0.1) is 0 Å². The van der Waals surface area contributed by atoms with Gasteiger partial charge in [0.15, 0.2) is 23.2 Å². The third kappa shape index (κ3) is 8.78. The third-order valence-electron chi connectivity index (χ3n) is 7.27. The van der Waals surface area contributed by atoms with Crippen molar-refractivity contribution >= 4 is 49.0 Å². The van der Waals surface area contributed by atoms with Gasteiger partial charge in [0, 0.05) is 5.56 Å². The van der Waals surface area contributed by atoms with Crippen LogP contribution in [-0.4, -0.2) is 97.8 Å². The molecule has 1 fully saturated rings. The molecular formula is C29H29F3N6O10S2. The van der Waals surface area contributed by atoms with Crippen molar-refractivity contribution in [1.29, 1.82) is 0 Å². The average molecular weight is 743 g/mol. The van der Waals surface area contributed by atoms with E-state index in [1.54, 1.807) is 60.7 Å². The second-order valence-corrected chi connectivity index (χ2v) is 14.4. The summed E-state index contributed by atoms with van der Waals surface area (Å²) in [6.45, 7) is -2.40. The van der Waals surface area contributed by atoms with Gasteiger partial charge in [-0.2, -0.15) is 30.0 Å². The van der Waals surface area contributed by atoms with Crippen LogP contribution in [0.3, 0.4) is 0 Å². The SMILES string of the molecule is CS(=O)(=O)OCC1(COS(C)(=O)=O)O[C@@H](n2cnc3c(NC(=O)c4ccccc4)ncnc32)[C@H](NC(=O)C(F)(F)F)[C@@H]1OCc1ccccc1. The number of nitrogens with zero attached hydrogens (tertiary/aromatic N) is 4. The van der Waals surface area contributed by atoms with E-state index in [0.29, 0.717) is 18.1 Å². The van der Waals surface area contributed by atoms with Gasteiger partial charge in [0.2, 0.25) is 0 Å². The van der Waals surface area contributed by atoms with Crippen molar-refractivity contribution in [3.63, 3.8) is 0 Å². The van der Waals surface area contributed by atoms with E-state index in [1.807, 2.05) is 5.32 Å². The van der Waals surface area contributed by atoms with Crippen LogP contribution in [0.2, 0.25) is 0 Å². The highest BCUT2D eigenvalue weighted by Crippen LogP contribution is 2.42. The maximum atomic E-state index is 13.7. The molecule has 3 heterocycles. The van der Waals surface area contributed by atoms with Crippen LogP contribution in [0.15, 0.2) is 73.3 Å². The summed E-state index contributed by atoms with van der Waals surface area (Å²) in [4.78, 5) is 37.8. The van der Waals surface area contributed by atoms with Crippen molar-refractivity contribution in [3.8, 4) is 0 Å². The first kappa shape index (κ1) is 36.7. The Morgan fingerprint density at radius 1 is 0.920 bits per heavy atom. The van der Waals surface area contributed by atoms with E-state index in [9.17, 15) is 39.6 Å². The maximum Gasteiger partial charge on any atom is 0.471 e. The first-order valence-electron chi connectivity index (χ1n) is 14.4. The third-order valence-corrected chi connectivity index (χ3v) is 8.36. The maximum absolute atomic E-state index is 13.7. The van der Waals surface area contributed by atoms with E-state index in [4.69, 9.17) is 17.8 Å². The molecule has 0 spiro atoms. The molecule has 2 N–H and O–H groups in total. The number of halogens is 3. The molecule has 16 nitrogen and oxygen atoms in total. The minimum absolute atomic E-state index is 0.0553. The molecule has 4 aromatic rings. The Bertz CT molecular complexity index is 2030. The quantitative estimate of drug-likeness (QED) is 0.188. The number of ether oxygens (including phenoxy) is 2. The molecular weight excluding hydrogens is 713 g/mol. The molecule has 5 rings (SSSR count). The van der Waals surface area contributed by atoms with Crippen molar-refractivity contribution in [3.05, 3.63) is 84.4 Å². The van der Waals surface area contributed by atoms with Crippen LogP contribution in [-0.2, 0) is 49.5 Å². The number of benzene rings is 2. The summed E-state index contributed by atoms with van der Waals surface area (Å²) in [7, 11) is -8.58. The Morgan fingerprint density at radius 3 is 2.10 bits per heavy atom. The summed E-state index contributed by atoms with van der Waals surface area (Å²) in [5.41, 5.74) is -1.72. The lowest BCUT2D eigenvalue weighted by atomic mass is 9.94. The standard InChI is InChI=1S/C29H29F3N6O10S2/c1-49(41,42)46-14-28(15-47-50(2,43)44)22(45-13-18-9-5-3-6-10-18)20(36-27(40)29(30,31)32)26(48-28)38-17-35-21-23(33-16-34-24(21)38)37-25(39)19-11-7-4-8-12-19/h3-12,16-17,20,22,26H,13-15H2,1-2H3,(H,36,40)(H,33,34,37,39)/t20-,22+,26-/m1/s1. The van der Waals surface area contributed by atoms with Gasteiger partial charge in [-0.05, 0) is 17.7 Å². The fourth-order valence-electron chi connectivity index (χ4n) is 5.07. The van der Waals surface area contributed by atoms with Crippen molar-refractivity contribution in [2.75, 3.05) is 31.0 Å². The molecule has 2 aromatic carbocycles. The van der Waals surface area contributed by atoms with Crippen LogP contribution < -0.4 is 10.6 Å². The van der Waals surface area contributed by atoms with E-state index in [1.165, 1.54) is 0 Å². The summed E-state index contributed by atoms with van der Waals surface area (Å²) in [6.07, 6.45) is -5.51. The van der Waals surface area contributed by atoms with Gasteiger partial charge in [-0.1, -0.05) is 48.5 Å². The van der Waals surface area contributed by atoms with E-state index in [-0.39, 0.29) is 29.2 Å². The first-order chi connectivity index (χ1) is 23.5. The van der Waals surface area contributed by atoms with Crippen LogP contribution in [0.5, 0.6) is 0 Å². The van der Waals surface area contributed by atoms with Gasteiger partial charge >= 0.3 is 12.1 Å². The van der Waals surface area contributed by atoms with Gasteiger partial charge in [-0.25, -0.2) is 15.0 Å². The lowest BCUT2D eigenvalue weighted by Crippen LogP contribution is -2.57. The monoisotopic (exact) mass is 742 g/mol. The van der Waals surface area contributed by atoms with Gasteiger partial charge < -0.3 is 20.1 Å². The molecule has 268 valence electrons. The van der Waals surface area contributed by atoms with Crippen LogP contribution in [0.25, 0.3) is 11.2 Å². The molecule has 2 amide bonds. The van der Waals surface area contributed by atoms with Crippen molar-refractivity contribution in [1.82, 2.24) is 24.8 Å². The summed E-state index contributed by atoms with van der Waals surface area (Å²) >= 11 is 0. The molecule has 0 saturated carbocycles. The number of carbonyl (C=O) groups excluding carboxylic acids is 2. The minimum atomic E-state index is -5.42. The van der Waals surface area contributed by atoms with Crippen molar-refractivity contribution in [2.45, 2.75) is 36.8 Å². The normalized spacial score (nSPS) is 19.3. The minimum Gasteiger partial charge on any atom is -0.368 e. The van der Waals surface area contributed by atoms with Crippen LogP contribution in [0.4, 0.5) is 19.0 Å². The van der Waals surface area contributed by atoms with Gasteiger partial charge in [0.05, 0.1) is 25.4 Å². The molecule has 0 unspecified atom stereocenters. The summed E-state index contributed by atoms with van der Waals surface area (Å²) in [6, 6.07) is 14.4. The van der Waals surface area contributed by atoms with Crippen molar-refractivity contribution in [2.24, 2.45) is 0 Å². The second-order valence-electron chi connectivity index (χ2n) is 11.1. The highest BCUT2D eigenvalue weighted by atomic mass is 32.2. The molecule has 50 heavy (non-hydrogen) atoms. The summed E-state index contributed by atoms with van der Waals surface area (Å²) in [5.74, 6) is -3.10. The predicted molar refractivity (Wildman–Crippen MR) is 167 cm³/mol. The number of fused-ring (bicyclic) bond motifs is 1. The first-order valence-corrected chi connectivity index (χ1v) is 18.0. The van der Waals surface area contributed by atoms with Gasteiger partial charge in [-0.15, -0.1) is 0 Å². The predicted octanol–water partition coefficient (Wildman–Crippen LogP) is 1.93. The molecule has 2 aromatic heterocycles. The number of amides is 2. The number of nitrogens with one attached hydrogen (secondary N) is 2. The van der Waals surface area contributed by atoms with E-state index in [2.05, 4.69) is 20.3 Å². The van der Waals surface area contributed by atoms with Crippen LogP contribution >= 0.6 is 0 Å². The number of carbonyl (C=O) groups is 2. The summed E-state index contributed by atoms with van der Waals surface area (Å²) in [5, 5.41) is 4.42. The largest absolute Gasteiger partial charge is 0.471 e. The van der Waals surface area contributed by atoms with Crippen molar-refractivity contribution < 1.29 is 57.4 Å². The fraction of sp³-hybridized carbons (Fsp3) is 0.345. The summed E-state index contributed by atoms with van der Waals surface area (Å²) < 4.78 is 113. The number of aromatic nitrogens is 4. The lowest BCUT2D eigenvalue weighted by molar-refractivity contribution is -0.175.